The van der Waals surface area contributed by atoms with Crippen LogP contribution in [-0.4, -0.2) is 30.1 Å². The summed E-state index contributed by atoms with van der Waals surface area (Å²) in [7, 11) is 0. The van der Waals surface area contributed by atoms with E-state index in [9.17, 15) is 9.90 Å². The Morgan fingerprint density at radius 3 is 3.12 bits per heavy atom. The summed E-state index contributed by atoms with van der Waals surface area (Å²) >= 11 is 0. The fourth-order valence-corrected chi connectivity index (χ4v) is 2.70. The largest absolute Gasteiger partial charge is 0.508 e. The number of hydrogen-bond acceptors (Lipinski definition) is 3. The topological polar surface area (TPSA) is 52.6 Å². The normalized spacial score (nSPS) is 23.2. The highest BCUT2D eigenvalue weighted by Crippen LogP contribution is 2.32. The number of nitrogens with zero attached hydrogens (tertiary/aromatic N) is 1. The van der Waals surface area contributed by atoms with Gasteiger partial charge in [-0.1, -0.05) is 0 Å². The molecule has 90 valence electrons. The molecular weight excluding hydrogens is 216 g/mol. The number of rotatable bonds is 2. The van der Waals surface area contributed by atoms with Gasteiger partial charge in [-0.05, 0) is 43.1 Å². The van der Waals surface area contributed by atoms with Gasteiger partial charge in [-0.3, -0.25) is 4.79 Å². The Balaban J connectivity index is 1.83. The molecule has 0 saturated carbocycles. The molecule has 0 bridgehead atoms. The second-order valence-corrected chi connectivity index (χ2v) is 4.79. The van der Waals surface area contributed by atoms with E-state index in [-0.39, 0.29) is 11.7 Å². The fourth-order valence-electron chi connectivity index (χ4n) is 2.70. The van der Waals surface area contributed by atoms with Gasteiger partial charge in [-0.25, -0.2) is 0 Å². The van der Waals surface area contributed by atoms with Crippen LogP contribution in [0.2, 0.25) is 0 Å². The van der Waals surface area contributed by atoms with Crippen molar-refractivity contribution in [3.63, 3.8) is 0 Å². The average molecular weight is 232 g/mol. The van der Waals surface area contributed by atoms with Crippen LogP contribution in [-0.2, 0) is 11.2 Å². The van der Waals surface area contributed by atoms with Gasteiger partial charge in [0, 0.05) is 18.3 Å². The SMILES string of the molecule is O=C1Cc2cc(O)ccc2N1CC1CCCN1. The first-order valence-electron chi connectivity index (χ1n) is 6.10. The molecule has 17 heavy (non-hydrogen) atoms. The summed E-state index contributed by atoms with van der Waals surface area (Å²) in [5.74, 6) is 0.372. The van der Waals surface area contributed by atoms with E-state index in [0.717, 1.165) is 30.8 Å². The third-order valence-corrected chi connectivity index (χ3v) is 3.56. The number of hydrogen-bond donors (Lipinski definition) is 2. The van der Waals surface area contributed by atoms with Gasteiger partial charge in [0.05, 0.1) is 6.42 Å². The molecule has 0 spiro atoms. The molecule has 1 aromatic carbocycles. The Morgan fingerprint density at radius 1 is 1.47 bits per heavy atom. The molecule has 2 aliphatic heterocycles. The molecular formula is C13H16N2O2. The third-order valence-electron chi connectivity index (χ3n) is 3.56. The minimum atomic E-state index is 0.138. The number of carbonyl (C=O) groups excluding carboxylic acids is 1. The predicted molar refractivity (Wildman–Crippen MR) is 65.2 cm³/mol. The van der Waals surface area contributed by atoms with Gasteiger partial charge in [0.2, 0.25) is 5.91 Å². The first kappa shape index (κ1) is 10.6. The van der Waals surface area contributed by atoms with Gasteiger partial charge < -0.3 is 15.3 Å². The third kappa shape index (κ3) is 1.89. The van der Waals surface area contributed by atoms with Gasteiger partial charge in [0.1, 0.15) is 5.75 Å². The van der Waals surface area contributed by atoms with Crippen molar-refractivity contribution in [1.82, 2.24) is 5.32 Å². The van der Waals surface area contributed by atoms with Crippen molar-refractivity contribution in [2.75, 3.05) is 18.0 Å². The highest BCUT2D eigenvalue weighted by atomic mass is 16.3. The molecule has 2 heterocycles. The van der Waals surface area contributed by atoms with Gasteiger partial charge in [-0.15, -0.1) is 0 Å². The highest BCUT2D eigenvalue weighted by Gasteiger charge is 2.30. The minimum absolute atomic E-state index is 0.138. The van der Waals surface area contributed by atoms with Crippen LogP contribution in [0.4, 0.5) is 5.69 Å². The molecule has 4 nitrogen and oxygen atoms in total. The lowest BCUT2D eigenvalue weighted by Crippen LogP contribution is -2.39. The summed E-state index contributed by atoms with van der Waals surface area (Å²) in [6, 6.07) is 5.59. The van der Waals surface area contributed by atoms with E-state index in [1.807, 2.05) is 11.0 Å². The molecule has 0 aliphatic carbocycles. The van der Waals surface area contributed by atoms with Crippen molar-refractivity contribution in [2.45, 2.75) is 25.3 Å². The summed E-state index contributed by atoms with van der Waals surface area (Å²) in [4.78, 5) is 13.8. The van der Waals surface area contributed by atoms with Gasteiger partial charge >= 0.3 is 0 Å². The molecule has 1 fully saturated rings. The first-order valence-corrected chi connectivity index (χ1v) is 6.10. The van der Waals surface area contributed by atoms with E-state index < -0.39 is 0 Å². The maximum Gasteiger partial charge on any atom is 0.231 e. The first-order chi connectivity index (χ1) is 8.24. The number of nitrogens with one attached hydrogen (secondary N) is 1. The van der Waals surface area contributed by atoms with Crippen molar-refractivity contribution in [3.8, 4) is 5.75 Å². The zero-order valence-corrected chi connectivity index (χ0v) is 9.65. The molecule has 4 heteroatoms. The maximum absolute atomic E-state index is 11.9. The van der Waals surface area contributed by atoms with E-state index >= 15 is 0 Å². The number of benzene rings is 1. The molecule has 1 aromatic rings. The molecule has 1 unspecified atom stereocenters. The quantitative estimate of drug-likeness (QED) is 0.801. The summed E-state index contributed by atoms with van der Waals surface area (Å²) in [5.41, 5.74) is 1.90. The lowest BCUT2D eigenvalue weighted by molar-refractivity contribution is -0.117. The Labute approximate surface area is 100 Å². The van der Waals surface area contributed by atoms with E-state index in [0.29, 0.717) is 12.5 Å². The van der Waals surface area contributed by atoms with E-state index in [1.54, 1.807) is 12.1 Å². The number of amides is 1. The highest BCUT2D eigenvalue weighted by molar-refractivity contribution is 6.01. The van der Waals surface area contributed by atoms with E-state index in [1.165, 1.54) is 6.42 Å². The van der Waals surface area contributed by atoms with Gasteiger partial charge in [-0.2, -0.15) is 0 Å². The van der Waals surface area contributed by atoms with Crippen molar-refractivity contribution >= 4 is 11.6 Å². The predicted octanol–water partition coefficient (Wildman–Crippen LogP) is 1.03. The van der Waals surface area contributed by atoms with Crippen molar-refractivity contribution in [3.05, 3.63) is 23.8 Å². The number of aromatic hydroxyl groups is 1. The summed E-state index contributed by atoms with van der Waals surface area (Å²) in [6.45, 7) is 1.80. The number of anilines is 1. The van der Waals surface area contributed by atoms with E-state index in [4.69, 9.17) is 0 Å². The molecule has 1 amide bonds. The second-order valence-electron chi connectivity index (χ2n) is 4.79. The van der Waals surface area contributed by atoms with Crippen LogP contribution in [0.15, 0.2) is 18.2 Å². The van der Waals surface area contributed by atoms with Crippen LogP contribution in [0.1, 0.15) is 18.4 Å². The zero-order chi connectivity index (χ0) is 11.8. The smallest absolute Gasteiger partial charge is 0.231 e. The molecule has 1 atom stereocenters. The van der Waals surface area contributed by atoms with E-state index in [2.05, 4.69) is 5.32 Å². The molecule has 3 rings (SSSR count). The van der Waals surface area contributed by atoms with Crippen LogP contribution in [0, 0.1) is 0 Å². The standard InChI is InChI=1S/C13H16N2O2/c16-11-3-4-12-9(6-11)7-13(17)15(12)8-10-2-1-5-14-10/h3-4,6,10,14,16H,1-2,5,7-8H2. The van der Waals surface area contributed by atoms with Gasteiger partial charge in [0.15, 0.2) is 0 Å². The second kappa shape index (κ2) is 4.04. The number of phenols is 1. The Bertz CT molecular complexity index is 453. The number of carbonyl (C=O) groups is 1. The maximum atomic E-state index is 11.9. The van der Waals surface area contributed by atoms with Crippen molar-refractivity contribution in [1.29, 1.82) is 0 Å². The molecule has 2 N–H and O–H groups in total. The van der Waals surface area contributed by atoms with Crippen LogP contribution in [0.25, 0.3) is 0 Å². The Morgan fingerprint density at radius 2 is 2.35 bits per heavy atom. The number of phenolic OH excluding ortho intramolecular Hbond substituents is 1. The molecule has 0 radical (unpaired) electrons. The summed E-state index contributed by atoms with van der Waals surface area (Å²) in [5, 5.41) is 12.8. The van der Waals surface area contributed by atoms with Gasteiger partial charge in [0.25, 0.3) is 0 Å². The Kier molecular flexibility index (Phi) is 2.52. The summed E-state index contributed by atoms with van der Waals surface area (Å²) < 4.78 is 0. The number of fused-ring (bicyclic) bond motifs is 1. The molecule has 2 aliphatic rings. The zero-order valence-electron chi connectivity index (χ0n) is 9.65. The van der Waals surface area contributed by atoms with Crippen LogP contribution in [0.3, 0.4) is 0 Å². The lowest BCUT2D eigenvalue weighted by atomic mass is 10.1. The van der Waals surface area contributed by atoms with Crippen molar-refractivity contribution < 1.29 is 9.90 Å². The molecule has 0 aromatic heterocycles. The fraction of sp³-hybridized carbons (Fsp3) is 0.462. The van der Waals surface area contributed by atoms with Crippen LogP contribution in [0.5, 0.6) is 5.75 Å². The summed E-state index contributed by atoms with van der Waals surface area (Å²) in [6.07, 6.45) is 2.74. The molecule has 1 saturated heterocycles. The monoisotopic (exact) mass is 232 g/mol. The Hall–Kier alpha value is -1.55. The minimum Gasteiger partial charge on any atom is -0.508 e. The van der Waals surface area contributed by atoms with Crippen molar-refractivity contribution in [2.24, 2.45) is 0 Å². The van der Waals surface area contributed by atoms with Crippen LogP contribution < -0.4 is 10.2 Å². The lowest BCUT2D eigenvalue weighted by Gasteiger charge is -2.21. The average Bonchev–Trinajstić information content (AvgIpc) is 2.88. The van der Waals surface area contributed by atoms with Crippen LogP contribution >= 0.6 is 0 Å².